The molecule has 0 saturated heterocycles. The number of carboxylic acids is 1. The summed E-state index contributed by atoms with van der Waals surface area (Å²) in [7, 11) is 0. The van der Waals surface area contributed by atoms with E-state index in [4.69, 9.17) is 9.84 Å². The lowest BCUT2D eigenvalue weighted by atomic mass is 10.2. The third kappa shape index (κ3) is 4.48. The Morgan fingerprint density at radius 3 is 2.52 bits per heavy atom. The van der Waals surface area contributed by atoms with E-state index in [-0.39, 0.29) is 24.9 Å². The van der Waals surface area contributed by atoms with Gasteiger partial charge in [0.25, 0.3) is 5.91 Å². The maximum atomic E-state index is 12.6. The predicted octanol–water partition coefficient (Wildman–Crippen LogP) is 2.31. The molecule has 1 aliphatic rings. The molecule has 5 nitrogen and oxygen atoms in total. The van der Waals surface area contributed by atoms with Crippen LogP contribution < -0.4 is 4.74 Å². The van der Waals surface area contributed by atoms with Crippen LogP contribution in [0.1, 0.15) is 32.6 Å². The van der Waals surface area contributed by atoms with Crippen molar-refractivity contribution in [1.29, 1.82) is 0 Å². The first-order valence-electron chi connectivity index (χ1n) is 7.35. The Hall–Kier alpha value is -2.04. The van der Waals surface area contributed by atoms with Gasteiger partial charge in [0.05, 0.1) is 6.42 Å². The smallest absolute Gasteiger partial charge is 0.305 e. The van der Waals surface area contributed by atoms with Crippen molar-refractivity contribution in [3.05, 3.63) is 30.3 Å². The monoisotopic (exact) mass is 291 g/mol. The van der Waals surface area contributed by atoms with Crippen LogP contribution in [-0.4, -0.2) is 40.6 Å². The number of para-hydroxylation sites is 1. The van der Waals surface area contributed by atoms with E-state index in [0.29, 0.717) is 12.2 Å². The summed E-state index contributed by atoms with van der Waals surface area (Å²) in [6, 6.07) is 9.42. The molecule has 0 aromatic heterocycles. The van der Waals surface area contributed by atoms with E-state index in [0.717, 1.165) is 12.8 Å². The molecule has 1 aliphatic carbocycles. The lowest BCUT2D eigenvalue weighted by Gasteiger charge is -2.27. The van der Waals surface area contributed by atoms with Gasteiger partial charge in [0, 0.05) is 12.6 Å². The van der Waals surface area contributed by atoms with Crippen molar-refractivity contribution in [1.82, 2.24) is 4.90 Å². The second-order valence-corrected chi connectivity index (χ2v) is 5.23. The molecule has 1 saturated carbocycles. The number of aliphatic carboxylic acids is 1. The number of nitrogens with zero attached hydrogens (tertiary/aromatic N) is 1. The molecule has 1 unspecified atom stereocenters. The predicted molar refractivity (Wildman–Crippen MR) is 78.1 cm³/mol. The summed E-state index contributed by atoms with van der Waals surface area (Å²) in [4.78, 5) is 25.0. The van der Waals surface area contributed by atoms with E-state index in [9.17, 15) is 9.59 Å². The first-order chi connectivity index (χ1) is 10.1. The van der Waals surface area contributed by atoms with Crippen molar-refractivity contribution < 1.29 is 19.4 Å². The van der Waals surface area contributed by atoms with Crippen molar-refractivity contribution >= 4 is 11.9 Å². The fourth-order valence-electron chi connectivity index (χ4n) is 2.23. The minimum absolute atomic E-state index is 0.0238. The molecule has 114 valence electrons. The van der Waals surface area contributed by atoms with Gasteiger partial charge in [0.1, 0.15) is 5.75 Å². The number of rotatable bonds is 8. The van der Waals surface area contributed by atoms with Crippen LogP contribution in [0, 0.1) is 0 Å². The minimum Gasteiger partial charge on any atom is -0.481 e. The molecule has 0 heterocycles. The van der Waals surface area contributed by atoms with Gasteiger partial charge in [0.2, 0.25) is 0 Å². The molecule has 1 fully saturated rings. The molecular weight excluding hydrogens is 270 g/mol. The van der Waals surface area contributed by atoms with Gasteiger partial charge in [-0.1, -0.05) is 25.1 Å². The normalized spacial score (nSPS) is 15.3. The van der Waals surface area contributed by atoms with Crippen molar-refractivity contribution in [2.24, 2.45) is 0 Å². The Balaban J connectivity index is 2.00. The zero-order valence-corrected chi connectivity index (χ0v) is 12.2. The molecule has 1 amide bonds. The third-order valence-corrected chi connectivity index (χ3v) is 3.51. The molecule has 1 aromatic rings. The second-order valence-electron chi connectivity index (χ2n) is 5.23. The molecular formula is C16H21NO4. The second kappa shape index (κ2) is 7.11. The molecule has 0 spiro atoms. The highest BCUT2D eigenvalue weighted by atomic mass is 16.5. The Morgan fingerprint density at radius 1 is 1.33 bits per heavy atom. The highest BCUT2D eigenvalue weighted by Gasteiger charge is 2.36. The lowest BCUT2D eigenvalue weighted by Crippen LogP contribution is -2.44. The Labute approximate surface area is 124 Å². The van der Waals surface area contributed by atoms with Crippen molar-refractivity contribution in [2.75, 3.05) is 6.54 Å². The minimum atomic E-state index is -0.884. The van der Waals surface area contributed by atoms with E-state index in [2.05, 4.69) is 0 Å². The molecule has 21 heavy (non-hydrogen) atoms. The van der Waals surface area contributed by atoms with Gasteiger partial charge in [-0.05, 0) is 31.4 Å². The van der Waals surface area contributed by atoms with Crippen molar-refractivity contribution in [3.8, 4) is 5.75 Å². The zero-order valence-electron chi connectivity index (χ0n) is 12.2. The first kappa shape index (κ1) is 15.4. The van der Waals surface area contributed by atoms with Crippen LogP contribution in [0.3, 0.4) is 0 Å². The maximum absolute atomic E-state index is 12.6. The molecule has 1 atom stereocenters. The highest BCUT2D eigenvalue weighted by Crippen LogP contribution is 2.28. The number of carboxylic acid groups (broad SMARTS) is 1. The fraction of sp³-hybridized carbons (Fsp3) is 0.500. The average Bonchev–Trinajstić information content (AvgIpc) is 3.30. The van der Waals surface area contributed by atoms with Crippen LogP contribution in [-0.2, 0) is 9.59 Å². The highest BCUT2D eigenvalue weighted by molar-refractivity contribution is 5.82. The quantitative estimate of drug-likeness (QED) is 0.798. The molecule has 0 aliphatic heterocycles. The summed E-state index contributed by atoms with van der Waals surface area (Å²) >= 11 is 0. The van der Waals surface area contributed by atoms with Gasteiger partial charge >= 0.3 is 5.97 Å². The zero-order chi connectivity index (χ0) is 15.2. The topological polar surface area (TPSA) is 66.8 Å². The van der Waals surface area contributed by atoms with Crippen LogP contribution in [0.4, 0.5) is 0 Å². The fourth-order valence-corrected chi connectivity index (χ4v) is 2.23. The van der Waals surface area contributed by atoms with Crippen LogP contribution in [0.2, 0.25) is 0 Å². The number of carbonyl (C=O) groups is 2. The van der Waals surface area contributed by atoms with E-state index in [1.54, 1.807) is 4.90 Å². The summed E-state index contributed by atoms with van der Waals surface area (Å²) in [6.45, 7) is 2.15. The summed E-state index contributed by atoms with van der Waals surface area (Å²) in [5.74, 6) is -0.331. The van der Waals surface area contributed by atoms with Gasteiger partial charge in [-0.15, -0.1) is 0 Å². The van der Waals surface area contributed by atoms with E-state index in [1.165, 1.54) is 0 Å². The Bertz CT molecular complexity index is 484. The van der Waals surface area contributed by atoms with Gasteiger partial charge in [-0.3, -0.25) is 9.59 Å². The van der Waals surface area contributed by atoms with E-state index >= 15 is 0 Å². The number of hydrogen-bond donors (Lipinski definition) is 1. The molecule has 0 radical (unpaired) electrons. The maximum Gasteiger partial charge on any atom is 0.305 e. The van der Waals surface area contributed by atoms with Crippen molar-refractivity contribution in [2.45, 2.75) is 44.8 Å². The average molecular weight is 291 g/mol. The summed E-state index contributed by atoms with van der Waals surface area (Å²) < 4.78 is 5.75. The summed E-state index contributed by atoms with van der Waals surface area (Å²) in [6.07, 6.45) is 1.88. The van der Waals surface area contributed by atoms with Crippen LogP contribution >= 0.6 is 0 Å². The number of amides is 1. The number of benzene rings is 1. The Morgan fingerprint density at radius 2 is 2.00 bits per heavy atom. The molecule has 5 heteroatoms. The van der Waals surface area contributed by atoms with Gasteiger partial charge in [0.15, 0.2) is 6.10 Å². The third-order valence-electron chi connectivity index (χ3n) is 3.51. The molecule has 0 bridgehead atoms. The standard InChI is InChI=1S/C16H21NO4/c1-2-14(21-13-6-4-3-5-7-13)16(20)17(12-8-9-12)11-10-15(18)19/h3-7,12,14H,2,8-11H2,1H3,(H,18,19). The summed E-state index contributed by atoms with van der Waals surface area (Å²) in [5, 5.41) is 8.81. The largest absolute Gasteiger partial charge is 0.481 e. The number of ether oxygens (including phenoxy) is 1. The van der Waals surface area contributed by atoms with Crippen molar-refractivity contribution in [3.63, 3.8) is 0 Å². The van der Waals surface area contributed by atoms with Crippen LogP contribution in [0.25, 0.3) is 0 Å². The Kier molecular flexibility index (Phi) is 5.20. The summed E-state index contributed by atoms with van der Waals surface area (Å²) in [5.41, 5.74) is 0. The molecule has 1 aromatic carbocycles. The number of hydrogen-bond acceptors (Lipinski definition) is 3. The SMILES string of the molecule is CCC(Oc1ccccc1)C(=O)N(CCC(=O)O)C1CC1. The molecule has 1 N–H and O–H groups in total. The van der Waals surface area contributed by atoms with E-state index < -0.39 is 12.1 Å². The van der Waals surface area contributed by atoms with Crippen LogP contribution in [0.15, 0.2) is 30.3 Å². The first-order valence-corrected chi connectivity index (χ1v) is 7.35. The molecule has 2 rings (SSSR count). The van der Waals surface area contributed by atoms with Gasteiger partial charge in [-0.25, -0.2) is 0 Å². The van der Waals surface area contributed by atoms with Gasteiger partial charge in [-0.2, -0.15) is 0 Å². The van der Waals surface area contributed by atoms with E-state index in [1.807, 2.05) is 37.3 Å². The number of carbonyl (C=O) groups excluding carboxylic acids is 1. The van der Waals surface area contributed by atoms with Gasteiger partial charge < -0.3 is 14.7 Å². The lowest BCUT2D eigenvalue weighted by molar-refractivity contribution is -0.142. The van der Waals surface area contributed by atoms with Crippen LogP contribution in [0.5, 0.6) is 5.75 Å².